The van der Waals surface area contributed by atoms with Gasteiger partial charge in [0.1, 0.15) is 0 Å². The van der Waals surface area contributed by atoms with Crippen LogP contribution in [0.5, 0.6) is 0 Å². The van der Waals surface area contributed by atoms with Gasteiger partial charge in [-0.1, -0.05) is 45.0 Å². The van der Waals surface area contributed by atoms with Gasteiger partial charge in [-0.15, -0.1) is 0 Å². The summed E-state index contributed by atoms with van der Waals surface area (Å²) in [5.41, 5.74) is 2.78. The Bertz CT molecular complexity index is 408. The minimum atomic E-state index is 0.174. The van der Waals surface area contributed by atoms with Crippen molar-refractivity contribution in [1.82, 2.24) is 5.32 Å². The highest BCUT2D eigenvalue weighted by Crippen LogP contribution is 2.22. The summed E-state index contributed by atoms with van der Waals surface area (Å²) in [7, 11) is 0. The van der Waals surface area contributed by atoms with Gasteiger partial charge in [-0.3, -0.25) is 0 Å². The zero-order chi connectivity index (χ0) is 14.6. The molecule has 2 rings (SSSR count). The quantitative estimate of drug-likeness (QED) is 0.918. The molecule has 0 aromatic heterocycles. The Hall–Kier alpha value is -0.900. The molecule has 1 aliphatic heterocycles. The summed E-state index contributed by atoms with van der Waals surface area (Å²) in [4.78, 5) is 0. The van der Waals surface area contributed by atoms with Crippen molar-refractivity contribution in [2.24, 2.45) is 0 Å². The molecule has 1 aromatic carbocycles. The number of benzene rings is 1. The van der Waals surface area contributed by atoms with E-state index in [9.17, 15) is 0 Å². The smallest absolute Gasteiger partial charge is 0.0936 e. The first kappa shape index (κ1) is 15.5. The summed E-state index contributed by atoms with van der Waals surface area (Å²) >= 11 is 0. The number of hydrogen-bond acceptors (Lipinski definition) is 3. The van der Waals surface area contributed by atoms with E-state index >= 15 is 0 Å². The van der Waals surface area contributed by atoms with Crippen LogP contribution in [0.15, 0.2) is 24.3 Å². The predicted octanol–water partition coefficient (Wildman–Crippen LogP) is 2.88. The SMILES string of the molecule is CC1CNCC(COCc2ccc(C(C)(C)C)cc2)O1. The van der Waals surface area contributed by atoms with Crippen LogP contribution in [0.3, 0.4) is 0 Å². The van der Waals surface area contributed by atoms with Gasteiger partial charge in [0.05, 0.1) is 25.4 Å². The second kappa shape index (κ2) is 6.70. The predicted molar refractivity (Wildman–Crippen MR) is 82.0 cm³/mol. The van der Waals surface area contributed by atoms with Crippen LogP contribution < -0.4 is 5.32 Å². The van der Waals surface area contributed by atoms with Crippen LogP contribution in [0.1, 0.15) is 38.8 Å². The summed E-state index contributed by atoms with van der Waals surface area (Å²) in [6, 6.07) is 8.70. The van der Waals surface area contributed by atoms with Crippen molar-refractivity contribution in [1.29, 1.82) is 0 Å². The van der Waals surface area contributed by atoms with Crippen molar-refractivity contribution >= 4 is 0 Å². The Morgan fingerprint density at radius 1 is 1.20 bits per heavy atom. The van der Waals surface area contributed by atoms with E-state index in [1.165, 1.54) is 11.1 Å². The molecular weight excluding hydrogens is 250 g/mol. The van der Waals surface area contributed by atoms with Crippen LogP contribution in [0.25, 0.3) is 0 Å². The van der Waals surface area contributed by atoms with E-state index in [-0.39, 0.29) is 17.6 Å². The van der Waals surface area contributed by atoms with Gasteiger partial charge in [0.15, 0.2) is 0 Å². The molecule has 2 atom stereocenters. The second-order valence-corrected chi connectivity index (χ2v) is 6.69. The van der Waals surface area contributed by atoms with Crippen molar-refractivity contribution in [2.75, 3.05) is 19.7 Å². The van der Waals surface area contributed by atoms with E-state index in [2.05, 4.69) is 57.3 Å². The molecule has 0 saturated carbocycles. The molecule has 112 valence electrons. The van der Waals surface area contributed by atoms with Gasteiger partial charge in [0.2, 0.25) is 0 Å². The maximum Gasteiger partial charge on any atom is 0.0936 e. The maximum absolute atomic E-state index is 5.80. The van der Waals surface area contributed by atoms with Crippen molar-refractivity contribution in [3.05, 3.63) is 35.4 Å². The second-order valence-electron chi connectivity index (χ2n) is 6.69. The van der Waals surface area contributed by atoms with Gasteiger partial charge >= 0.3 is 0 Å². The zero-order valence-corrected chi connectivity index (χ0v) is 13.1. The van der Waals surface area contributed by atoms with E-state index in [4.69, 9.17) is 9.47 Å². The molecule has 0 amide bonds. The van der Waals surface area contributed by atoms with E-state index in [1.807, 2.05) is 0 Å². The lowest BCUT2D eigenvalue weighted by molar-refractivity contribution is -0.0716. The third-order valence-electron chi connectivity index (χ3n) is 3.62. The van der Waals surface area contributed by atoms with E-state index in [0.717, 1.165) is 13.1 Å². The lowest BCUT2D eigenvalue weighted by Crippen LogP contribution is -2.45. The molecule has 1 aromatic rings. The topological polar surface area (TPSA) is 30.5 Å². The fourth-order valence-electron chi connectivity index (χ4n) is 2.38. The van der Waals surface area contributed by atoms with Gasteiger partial charge in [-0.05, 0) is 23.5 Å². The fourth-order valence-corrected chi connectivity index (χ4v) is 2.38. The number of nitrogens with one attached hydrogen (secondary N) is 1. The Morgan fingerprint density at radius 2 is 1.90 bits per heavy atom. The number of morpholine rings is 1. The zero-order valence-electron chi connectivity index (χ0n) is 13.1. The monoisotopic (exact) mass is 277 g/mol. The minimum Gasteiger partial charge on any atom is -0.374 e. The Labute approximate surface area is 122 Å². The highest BCUT2D eigenvalue weighted by Gasteiger charge is 2.18. The molecule has 1 heterocycles. The molecule has 1 N–H and O–H groups in total. The first-order valence-corrected chi connectivity index (χ1v) is 7.48. The largest absolute Gasteiger partial charge is 0.374 e. The summed E-state index contributed by atoms with van der Waals surface area (Å²) in [5.74, 6) is 0. The summed E-state index contributed by atoms with van der Waals surface area (Å²) in [6.07, 6.45) is 0.455. The van der Waals surface area contributed by atoms with Crippen LogP contribution >= 0.6 is 0 Å². The molecule has 1 fully saturated rings. The fraction of sp³-hybridized carbons (Fsp3) is 0.647. The molecular formula is C17H27NO2. The Kier molecular flexibility index (Phi) is 5.19. The molecule has 0 bridgehead atoms. The van der Waals surface area contributed by atoms with Crippen molar-refractivity contribution in [3.63, 3.8) is 0 Å². The van der Waals surface area contributed by atoms with Crippen LogP contribution in [0.4, 0.5) is 0 Å². The first-order chi connectivity index (χ1) is 9.45. The normalized spacial score (nSPS) is 23.8. The summed E-state index contributed by atoms with van der Waals surface area (Å²) in [5, 5.41) is 3.35. The van der Waals surface area contributed by atoms with Gasteiger partial charge in [0, 0.05) is 13.1 Å². The minimum absolute atomic E-state index is 0.174. The highest BCUT2D eigenvalue weighted by molar-refractivity contribution is 5.27. The van der Waals surface area contributed by atoms with Gasteiger partial charge in [-0.25, -0.2) is 0 Å². The van der Waals surface area contributed by atoms with Crippen molar-refractivity contribution in [3.8, 4) is 0 Å². The van der Waals surface area contributed by atoms with Gasteiger partial charge < -0.3 is 14.8 Å². The van der Waals surface area contributed by atoms with Crippen molar-refractivity contribution < 1.29 is 9.47 Å². The third-order valence-corrected chi connectivity index (χ3v) is 3.62. The molecule has 1 saturated heterocycles. The lowest BCUT2D eigenvalue weighted by Gasteiger charge is -2.28. The molecule has 3 heteroatoms. The average molecular weight is 277 g/mol. The van der Waals surface area contributed by atoms with Crippen LogP contribution in [-0.2, 0) is 21.5 Å². The average Bonchev–Trinajstić information content (AvgIpc) is 2.38. The van der Waals surface area contributed by atoms with Gasteiger partial charge in [0.25, 0.3) is 0 Å². The maximum atomic E-state index is 5.80. The van der Waals surface area contributed by atoms with Crippen molar-refractivity contribution in [2.45, 2.75) is 51.9 Å². The van der Waals surface area contributed by atoms with E-state index in [0.29, 0.717) is 13.2 Å². The summed E-state index contributed by atoms with van der Waals surface area (Å²) < 4.78 is 11.6. The molecule has 20 heavy (non-hydrogen) atoms. The van der Waals surface area contributed by atoms with Gasteiger partial charge in [-0.2, -0.15) is 0 Å². The molecule has 1 aliphatic rings. The molecule has 0 aliphatic carbocycles. The summed E-state index contributed by atoms with van der Waals surface area (Å²) in [6.45, 7) is 11.9. The molecule has 2 unspecified atom stereocenters. The molecule has 0 spiro atoms. The molecule has 0 radical (unpaired) electrons. The lowest BCUT2D eigenvalue weighted by atomic mass is 9.87. The van der Waals surface area contributed by atoms with E-state index < -0.39 is 0 Å². The number of ether oxygens (including phenoxy) is 2. The Morgan fingerprint density at radius 3 is 2.50 bits per heavy atom. The highest BCUT2D eigenvalue weighted by atomic mass is 16.5. The number of rotatable bonds is 4. The van der Waals surface area contributed by atoms with Crippen LogP contribution in [0.2, 0.25) is 0 Å². The third kappa shape index (κ3) is 4.58. The Balaban J connectivity index is 1.77. The molecule has 3 nitrogen and oxygen atoms in total. The standard InChI is InChI=1S/C17H27NO2/c1-13-9-18-10-16(20-13)12-19-11-14-5-7-15(8-6-14)17(2,3)4/h5-8,13,16,18H,9-12H2,1-4H3. The number of hydrogen-bond donors (Lipinski definition) is 1. The first-order valence-electron chi connectivity index (χ1n) is 7.48. The van der Waals surface area contributed by atoms with Crippen LogP contribution in [-0.4, -0.2) is 31.9 Å². The van der Waals surface area contributed by atoms with E-state index in [1.54, 1.807) is 0 Å². The van der Waals surface area contributed by atoms with Crippen LogP contribution in [0, 0.1) is 0 Å².